The molecule has 2 rings (SSSR count). The number of nitrogens with zero attached hydrogens (tertiary/aromatic N) is 1. The molecule has 22 heavy (non-hydrogen) atoms. The predicted molar refractivity (Wildman–Crippen MR) is 73.9 cm³/mol. The molecule has 1 aliphatic rings. The quantitative estimate of drug-likeness (QED) is 0.731. The number of aliphatic hydroxyl groups excluding tert-OH is 1. The van der Waals surface area contributed by atoms with Crippen molar-refractivity contribution in [3.8, 4) is 0 Å². The molecule has 0 radical (unpaired) electrons. The van der Waals surface area contributed by atoms with Gasteiger partial charge < -0.3 is 15.7 Å². The summed E-state index contributed by atoms with van der Waals surface area (Å²) in [4.78, 5) is 13.7. The molecule has 0 bridgehead atoms. The number of aliphatic hydroxyl groups is 1. The van der Waals surface area contributed by atoms with Gasteiger partial charge in [-0.15, -0.1) is 0 Å². The number of benzene rings is 1. The lowest BCUT2D eigenvalue weighted by Gasteiger charge is -2.22. The Bertz CT molecular complexity index is 586. The third-order valence-electron chi connectivity index (χ3n) is 3.69. The summed E-state index contributed by atoms with van der Waals surface area (Å²) in [5.41, 5.74) is 3.53. The Labute approximate surface area is 125 Å². The lowest BCUT2D eigenvalue weighted by molar-refractivity contribution is -0.0587. The van der Waals surface area contributed by atoms with Crippen molar-refractivity contribution in [2.45, 2.75) is 18.1 Å². The first-order valence-corrected chi connectivity index (χ1v) is 6.61. The molecule has 4 N–H and O–H groups in total. The monoisotopic (exact) mass is 315 g/mol. The molecular weight excluding hydrogens is 299 g/mol. The smallest absolute Gasteiger partial charge is 0.394 e. The summed E-state index contributed by atoms with van der Waals surface area (Å²) < 4.78 is 37.3. The number of likely N-dealkylation sites (tertiary alicyclic amines) is 1. The van der Waals surface area contributed by atoms with Crippen LogP contribution in [0.3, 0.4) is 0 Å². The Morgan fingerprint density at radius 3 is 2.32 bits per heavy atom. The molecule has 8 heteroatoms. The maximum atomic E-state index is 12.4. The number of rotatable bonds is 3. The fraction of sp³-hybridized carbons (Fsp3) is 0.429. The third kappa shape index (κ3) is 3.28. The standard InChI is InChI=1S/C14H16F3N3O2/c15-14(16,17)11(18)9-1-3-10(4-2-9)12(22)20-6-5-13(19,7-20)8-21/h1-4,18,21H,5-8,19H2. The predicted octanol–water partition coefficient (Wildman–Crippen LogP) is 1.15. The van der Waals surface area contributed by atoms with Crippen LogP contribution in [-0.4, -0.2) is 53.0 Å². The first-order chi connectivity index (χ1) is 10.2. The molecule has 0 saturated carbocycles. The van der Waals surface area contributed by atoms with Gasteiger partial charge in [-0.1, -0.05) is 12.1 Å². The zero-order valence-corrected chi connectivity index (χ0v) is 11.7. The van der Waals surface area contributed by atoms with Gasteiger partial charge in [0, 0.05) is 24.2 Å². The van der Waals surface area contributed by atoms with Crippen LogP contribution in [0.2, 0.25) is 0 Å². The number of halogens is 3. The van der Waals surface area contributed by atoms with Crippen LogP contribution in [0.25, 0.3) is 0 Å². The lowest BCUT2D eigenvalue weighted by atomic mass is 10.0. The maximum absolute atomic E-state index is 12.4. The lowest BCUT2D eigenvalue weighted by Crippen LogP contribution is -2.46. The van der Waals surface area contributed by atoms with Gasteiger partial charge in [0.25, 0.3) is 5.91 Å². The molecule has 0 aliphatic carbocycles. The molecule has 5 nitrogen and oxygen atoms in total. The molecule has 1 heterocycles. The van der Waals surface area contributed by atoms with Crippen molar-refractivity contribution < 1.29 is 23.1 Å². The van der Waals surface area contributed by atoms with Gasteiger partial charge >= 0.3 is 6.18 Å². The highest BCUT2D eigenvalue weighted by Gasteiger charge is 2.37. The molecule has 1 aromatic carbocycles. The van der Waals surface area contributed by atoms with Crippen molar-refractivity contribution in [2.75, 3.05) is 19.7 Å². The number of nitrogens with one attached hydrogen (secondary N) is 1. The summed E-state index contributed by atoms with van der Waals surface area (Å²) in [6.07, 6.45) is -4.26. The number of amides is 1. The van der Waals surface area contributed by atoms with Crippen LogP contribution in [-0.2, 0) is 0 Å². The molecule has 1 saturated heterocycles. The number of alkyl halides is 3. The summed E-state index contributed by atoms with van der Waals surface area (Å²) in [6.45, 7) is 0.344. The molecule has 1 atom stereocenters. The van der Waals surface area contributed by atoms with Gasteiger partial charge in [0.2, 0.25) is 0 Å². The highest BCUT2D eigenvalue weighted by molar-refractivity contribution is 6.03. The van der Waals surface area contributed by atoms with Crippen molar-refractivity contribution in [2.24, 2.45) is 5.73 Å². The average Bonchev–Trinajstić information content (AvgIpc) is 2.88. The Morgan fingerprint density at radius 2 is 1.86 bits per heavy atom. The van der Waals surface area contributed by atoms with Gasteiger partial charge in [-0.05, 0) is 18.6 Å². The highest BCUT2D eigenvalue weighted by atomic mass is 19.4. The van der Waals surface area contributed by atoms with E-state index in [9.17, 15) is 23.1 Å². The topological polar surface area (TPSA) is 90.4 Å². The van der Waals surface area contributed by atoms with E-state index in [0.29, 0.717) is 13.0 Å². The Hall–Kier alpha value is -1.93. The largest absolute Gasteiger partial charge is 0.433 e. The van der Waals surface area contributed by atoms with E-state index >= 15 is 0 Å². The molecule has 0 spiro atoms. The van der Waals surface area contributed by atoms with E-state index in [2.05, 4.69) is 0 Å². The molecule has 1 fully saturated rings. The number of hydrogen-bond acceptors (Lipinski definition) is 4. The van der Waals surface area contributed by atoms with Crippen molar-refractivity contribution >= 4 is 11.6 Å². The van der Waals surface area contributed by atoms with Crippen molar-refractivity contribution in [1.29, 1.82) is 5.41 Å². The van der Waals surface area contributed by atoms with Gasteiger partial charge in [-0.2, -0.15) is 13.2 Å². The van der Waals surface area contributed by atoms with Gasteiger partial charge in [0.1, 0.15) is 5.71 Å². The van der Waals surface area contributed by atoms with Crippen LogP contribution in [0, 0.1) is 5.41 Å². The summed E-state index contributed by atoms with van der Waals surface area (Å²) in [5, 5.41) is 16.2. The zero-order chi connectivity index (χ0) is 16.5. The SMILES string of the molecule is N=C(c1ccc(C(=O)N2CCC(N)(CO)C2)cc1)C(F)(F)F. The number of carbonyl (C=O) groups excluding carboxylic acids is 1. The maximum Gasteiger partial charge on any atom is 0.433 e. The van der Waals surface area contributed by atoms with Crippen LogP contribution in [0.1, 0.15) is 22.3 Å². The minimum Gasteiger partial charge on any atom is -0.394 e. The molecule has 1 unspecified atom stereocenters. The van der Waals surface area contributed by atoms with Crippen LogP contribution < -0.4 is 5.73 Å². The Kier molecular flexibility index (Phi) is 4.25. The zero-order valence-electron chi connectivity index (χ0n) is 11.7. The van der Waals surface area contributed by atoms with E-state index in [1.165, 1.54) is 17.0 Å². The van der Waals surface area contributed by atoms with Crippen LogP contribution in [0.4, 0.5) is 13.2 Å². The van der Waals surface area contributed by atoms with Crippen molar-refractivity contribution in [1.82, 2.24) is 4.90 Å². The molecular formula is C14H16F3N3O2. The average molecular weight is 315 g/mol. The van der Waals surface area contributed by atoms with Crippen molar-refractivity contribution in [3.63, 3.8) is 0 Å². The fourth-order valence-corrected chi connectivity index (χ4v) is 2.32. The fourth-order valence-electron chi connectivity index (χ4n) is 2.32. The summed E-state index contributed by atoms with van der Waals surface area (Å²) >= 11 is 0. The number of carbonyl (C=O) groups is 1. The normalized spacial score (nSPS) is 22.0. The summed E-state index contributed by atoms with van der Waals surface area (Å²) in [5.74, 6) is -0.356. The van der Waals surface area contributed by atoms with E-state index in [0.717, 1.165) is 12.1 Å². The van der Waals surface area contributed by atoms with Crippen LogP contribution in [0.5, 0.6) is 0 Å². The third-order valence-corrected chi connectivity index (χ3v) is 3.69. The van der Waals surface area contributed by atoms with Gasteiger partial charge in [-0.25, -0.2) is 0 Å². The first-order valence-electron chi connectivity index (χ1n) is 6.61. The number of hydrogen-bond donors (Lipinski definition) is 3. The van der Waals surface area contributed by atoms with Gasteiger partial charge in [0.15, 0.2) is 0 Å². The Morgan fingerprint density at radius 1 is 1.32 bits per heavy atom. The van der Waals surface area contributed by atoms with E-state index in [1.807, 2.05) is 0 Å². The van der Waals surface area contributed by atoms with Crippen molar-refractivity contribution in [3.05, 3.63) is 35.4 Å². The van der Waals surface area contributed by atoms with Gasteiger partial charge in [0.05, 0.1) is 12.1 Å². The van der Waals surface area contributed by atoms with Crippen LogP contribution >= 0.6 is 0 Å². The minimum absolute atomic E-state index is 0.197. The van der Waals surface area contributed by atoms with Gasteiger partial charge in [-0.3, -0.25) is 10.2 Å². The Balaban J connectivity index is 2.11. The number of nitrogens with two attached hydrogens (primary N) is 1. The molecule has 1 amide bonds. The highest BCUT2D eigenvalue weighted by Crippen LogP contribution is 2.23. The van der Waals surface area contributed by atoms with E-state index in [-0.39, 0.29) is 30.2 Å². The second-order valence-corrected chi connectivity index (χ2v) is 5.45. The van der Waals surface area contributed by atoms with E-state index in [4.69, 9.17) is 11.1 Å². The molecule has 120 valence electrons. The molecule has 0 aromatic heterocycles. The molecule has 1 aromatic rings. The summed E-state index contributed by atoms with van der Waals surface area (Å²) in [6, 6.07) is 4.71. The molecule has 1 aliphatic heterocycles. The minimum atomic E-state index is -4.72. The van der Waals surface area contributed by atoms with Crippen LogP contribution in [0.15, 0.2) is 24.3 Å². The summed E-state index contributed by atoms with van der Waals surface area (Å²) in [7, 11) is 0. The second-order valence-electron chi connectivity index (χ2n) is 5.45. The first kappa shape index (κ1) is 16.4. The second kappa shape index (κ2) is 5.69. The van der Waals surface area contributed by atoms with E-state index in [1.54, 1.807) is 0 Å². The van der Waals surface area contributed by atoms with E-state index < -0.39 is 17.4 Å².